The summed E-state index contributed by atoms with van der Waals surface area (Å²) in [5.74, 6) is 0. The topological polar surface area (TPSA) is 47.6 Å². The third-order valence-corrected chi connectivity index (χ3v) is 9.26. The van der Waals surface area contributed by atoms with E-state index in [2.05, 4.69) is 26.0 Å². The van der Waals surface area contributed by atoms with E-state index >= 15 is 0 Å². The van der Waals surface area contributed by atoms with Crippen LogP contribution >= 0.6 is 0 Å². The van der Waals surface area contributed by atoms with Gasteiger partial charge in [-0.25, -0.2) is 0 Å². The second-order valence-electron chi connectivity index (χ2n) is 3.24. The van der Waals surface area contributed by atoms with E-state index in [0.717, 1.165) is 23.5 Å². The molecule has 0 heterocycles. The van der Waals surface area contributed by atoms with Crippen LogP contribution in [-0.2, 0) is 0 Å². The predicted octanol–water partition coefficient (Wildman–Crippen LogP) is 2.43. The zero-order valence-corrected chi connectivity index (χ0v) is 12.0. The van der Waals surface area contributed by atoms with Crippen LogP contribution in [-0.4, -0.2) is 29.9 Å². The molecule has 0 aliphatic heterocycles. The van der Waals surface area contributed by atoms with Gasteiger partial charge in [0.1, 0.15) is 0 Å². The third kappa shape index (κ3) is 1.62. The number of hydrogen-bond donors (Lipinski definition) is 0. The van der Waals surface area contributed by atoms with E-state index in [4.69, 9.17) is 0 Å². The zero-order valence-electron chi connectivity index (χ0n) is 8.54. The number of hydrogen-bond acceptors (Lipinski definition) is 2. The molecule has 14 heavy (non-hydrogen) atoms. The Bertz CT molecular complexity index is 261. The summed E-state index contributed by atoms with van der Waals surface area (Å²) in [6, 6.07) is 4.93. The molecule has 0 N–H and O–H groups in total. The van der Waals surface area contributed by atoms with E-state index in [-0.39, 0.29) is 8.63 Å². The average molecular weight is 320 g/mol. The molecule has 1 saturated carbocycles. The van der Waals surface area contributed by atoms with E-state index < -0.39 is 0 Å². The van der Waals surface area contributed by atoms with Gasteiger partial charge in [0.05, 0.1) is 0 Å². The molecule has 0 aromatic heterocycles. The molecule has 0 spiro atoms. The SMILES string of the molecule is CC[Se][C@]1(C#N)CC[C@]1(C#N)[Se]CC. The van der Waals surface area contributed by atoms with E-state index in [1.165, 1.54) is 0 Å². The van der Waals surface area contributed by atoms with Crippen LogP contribution in [0.3, 0.4) is 0 Å². The Kier molecular flexibility index (Phi) is 4.05. The van der Waals surface area contributed by atoms with Crippen molar-refractivity contribution >= 4 is 29.9 Å². The van der Waals surface area contributed by atoms with Crippen LogP contribution in [0.5, 0.6) is 0 Å². The average Bonchev–Trinajstić information content (AvgIpc) is 2.20. The minimum absolute atomic E-state index is 0.237. The van der Waals surface area contributed by atoms with Crippen molar-refractivity contribution in [1.29, 1.82) is 10.5 Å². The van der Waals surface area contributed by atoms with Crippen molar-refractivity contribution in [2.75, 3.05) is 0 Å². The summed E-state index contributed by atoms with van der Waals surface area (Å²) in [4.78, 5) is 0. The van der Waals surface area contributed by atoms with Gasteiger partial charge in [-0.1, -0.05) is 0 Å². The summed E-state index contributed by atoms with van der Waals surface area (Å²) in [7, 11) is 0. The Morgan fingerprint density at radius 3 is 1.50 bits per heavy atom. The Morgan fingerprint density at radius 2 is 1.36 bits per heavy atom. The Labute approximate surface area is 98.4 Å². The molecular formula is C10H14N2Se2. The molecule has 1 aliphatic carbocycles. The summed E-state index contributed by atoms with van der Waals surface area (Å²) < 4.78 is -0.473. The van der Waals surface area contributed by atoms with Crippen molar-refractivity contribution in [2.24, 2.45) is 0 Å². The first-order chi connectivity index (χ1) is 6.70. The van der Waals surface area contributed by atoms with E-state index in [1.54, 1.807) is 0 Å². The third-order valence-electron chi connectivity index (χ3n) is 2.62. The van der Waals surface area contributed by atoms with Gasteiger partial charge in [-0.2, -0.15) is 0 Å². The molecule has 0 unspecified atom stereocenters. The van der Waals surface area contributed by atoms with Gasteiger partial charge in [0, 0.05) is 0 Å². The Hall–Kier alpha value is 0.0190. The summed E-state index contributed by atoms with van der Waals surface area (Å²) in [6.45, 7) is 4.25. The zero-order chi connectivity index (χ0) is 10.7. The van der Waals surface area contributed by atoms with Crippen LogP contribution in [0.1, 0.15) is 26.7 Å². The van der Waals surface area contributed by atoms with Crippen molar-refractivity contribution in [2.45, 2.75) is 46.0 Å². The second kappa shape index (κ2) is 4.69. The molecule has 1 fully saturated rings. The fourth-order valence-electron chi connectivity index (χ4n) is 1.81. The summed E-state index contributed by atoms with van der Waals surface area (Å²) in [5.41, 5.74) is 0. The molecule has 0 aromatic rings. The van der Waals surface area contributed by atoms with Crippen molar-refractivity contribution in [3.8, 4) is 12.1 Å². The van der Waals surface area contributed by atoms with Crippen LogP contribution in [0.15, 0.2) is 0 Å². The van der Waals surface area contributed by atoms with Crippen LogP contribution in [0.4, 0.5) is 0 Å². The molecule has 0 bridgehead atoms. The first-order valence-electron chi connectivity index (χ1n) is 4.80. The Balaban J connectivity index is 2.89. The van der Waals surface area contributed by atoms with Crippen LogP contribution < -0.4 is 0 Å². The van der Waals surface area contributed by atoms with E-state index in [0.29, 0.717) is 29.9 Å². The first-order valence-corrected chi connectivity index (χ1v) is 8.94. The van der Waals surface area contributed by atoms with Crippen molar-refractivity contribution in [3.63, 3.8) is 0 Å². The minimum atomic E-state index is -0.237. The quantitative estimate of drug-likeness (QED) is 0.747. The number of nitrogens with zero attached hydrogens (tertiary/aromatic N) is 2. The van der Waals surface area contributed by atoms with Crippen molar-refractivity contribution < 1.29 is 0 Å². The van der Waals surface area contributed by atoms with Gasteiger partial charge < -0.3 is 0 Å². The van der Waals surface area contributed by atoms with Crippen LogP contribution in [0.2, 0.25) is 19.3 Å². The molecule has 76 valence electrons. The molecule has 0 aromatic carbocycles. The fourth-order valence-corrected chi connectivity index (χ4v) is 8.06. The maximum absolute atomic E-state index is 9.29. The maximum atomic E-state index is 9.29. The van der Waals surface area contributed by atoms with Gasteiger partial charge in [0.15, 0.2) is 0 Å². The van der Waals surface area contributed by atoms with Gasteiger partial charge in [-0.3, -0.25) is 0 Å². The van der Waals surface area contributed by atoms with Crippen molar-refractivity contribution in [1.82, 2.24) is 0 Å². The number of rotatable bonds is 4. The molecule has 2 atom stereocenters. The molecule has 0 radical (unpaired) electrons. The molecule has 0 amide bonds. The summed E-state index contributed by atoms with van der Waals surface area (Å²) >= 11 is 0.652. The number of nitriles is 2. The predicted molar refractivity (Wildman–Crippen MR) is 58.3 cm³/mol. The van der Waals surface area contributed by atoms with E-state index in [9.17, 15) is 10.5 Å². The van der Waals surface area contributed by atoms with Gasteiger partial charge in [-0.15, -0.1) is 0 Å². The normalized spacial score (nSPS) is 35.4. The molecule has 0 saturated heterocycles. The molecule has 4 heteroatoms. The van der Waals surface area contributed by atoms with Crippen LogP contribution in [0, 0.1) is 22.7 Å². The second-order valence-corrected chi connectivity index (χ2v) is 9.80. The fraction of sp³-hybridized carbons (Fsp3) is 0.800. The van der Waals surface area contributed by atoms with E-state index in [1.807, 2.05) is 0 Å². The Morgan fingerprint density at radius 1 is 1.00 bits per heavy atom. The van der Waals surface area contributed by atoms with Gasteiger partial charge in [0.25, 0.3) is 0 Å². The summed E-state index contributed by atoms with van der Waals surface area (Å²) in [5, 5.41) is 20.7. The standard InChI is InChI=1S/C10H14N2Se2/c1-3-13-9(7-11)5-6-10(9,8-12)14-4-2/h3-6H2,1-2H3/t9-,10+. The summed E-state index contributed by atoms with van der Waals surface area (Å²) in [6.07, 6.45) is 1.93. The van der Waals surface area contributed by atoms with Gasteiger partial charge in [-0.05, 0) is 0 Å². The van der Waals surface area contributed by atoms with Crippen LogP contribution in [0.25, 0.3) is 0 Å². The van der Waals surface area contributed by atoms with Gasteiger partial charge >= 0.3 is 98.5 Å². The van der Waals surface area contributed by atoms with Gasteiger partial charge in [0.2, 0.25) is 0 Å². The molecule has 2 nitrogen and oxygen atoms in total. The monoisotopic (exact) mass is 322 g/mol. The molecular weight excluding hydrogens is 306 g/mol. The first kappa shape index (κ1) is 12.1. The molecule has 1 aliphatic rings. The van der Waals surface area contributed by atoms with Crippen molar-refractivity contribution in [3.05, 3.63) is 0 Å². The molecule has 1 rings (SSSR count).